The average molecular weight is 344 g/mol. The molecule has 0 saturated heterocycles. The van der Waals surface area contributed by atoms with Crippen LogP contribution in [0.1, 0.15) is 17.3 Å². The first-order valence-corrected chi connectivity index (χ1v) is 7.68. The van der Waals surface area contributed by atoms with Gasteiger partial charge in [-0.25, -0.2) is 4.79 Å². The number of hydrogen-bond donors (Lipinski definition) is 0. The van der Waals surface area contributed by atoms with Crippen molar-refractivity contribution >= 4 is 11.8 Å². The Kier molecular flexibility index (Phi) is 6.39. The van der Waals surface area contributed by atoms with Gasteiger partial charge in [-0.2, -0.15) is 0 Å². The monoisotopic (exact) mass is 344 g/mol. The summed E-state index contributed by atoms with van der Waals surface area (Å²) in [5.74, 6) is 0.647. The quantitative estimate of drug-likeness (QED) is 0.542. The molecule has 0 heterocycles. The Balaban J connectivity index is 1.89. The van der Waals surface area contributed by atoms with Gasteiger partial charge in [-0.3, -0.25) is 4.79 Å². The highest BCUT2D eigenvalue weighted by Gasteiger charge is 2.20. The van der Waals surface area contributed by atoms with E-state index in [1.165, 1.54) is 14.0 Å². The van der Waals surface area contributed by atoms with Crippen LogP contribution < -0.4 is 14.2 Å². The lowest BCUT2D eigenvalue weighted by Gasteiger charge is -2.14. The summed E-state index contributed by atoms with van der Waals surface area (Å²) >= 11 is 0. The van der Waals surface area contributed by atoms with Crippen molar-refractivity contribution in [1.29, 1.82) is 0 Å². The molecule has 1 atom stereocenters. The van der Waals surface area contributed by atoms with Crippen molar-refractivity contribution in [2.24, 2.45) is 0 Å². The largest absolute Gasteiger partial charge is 0.497 e. The van der Waals surface area contributed by atoms with E-state index in [9.17, 15) is 9.59 Å². The summed E-state index contributed by atoms with van der Waals surface area (Å²) in [7, 11) is 3.05. The van der Waals surface area contributed by atoms with Gasteiger partial charge in [0.05, 0.1) is 14.2 Å². The normalized spacial score (nSPS) is 11.3. The third-order valence-corrected chi connectivity index (χ3v) is 3.47. The molecule has 0 aliphatic heterocycles. The van der Waals surface area contributed by atoms with Crippen molar-refractivity contribution in [3.8, 4) is 17.2 Å². The van der Waals surface area contributed by atoms with E-state index in [2.05, 4.69) is 0 Å². The summed E-state index contributed by atoms with van der Waals surface area (Å²) in [6, 6.07) is 13.5. The van der Waals surface area contributed by atoms with Crippen molar-refractivity contribution in [3.05, 3.63) is 54.1 Å². The Morgan fingerprint density at radius 2 is 1.56 bits per heavy atom. The molecule has 0 unspecified atom stereocenters. The van der Waals surface area contributed by atoms with Gasteiger partial charge in [0.15, 0.2) is 24.2 Å². The first kappa shape index (κ1) is 18.3. The summed E-state index contributed by atoms with van der Waals surface area (Å²) in [5, 5.41) is 0. The zero-order valence-electron chi connectivity index (χ0n) is 14.4. The number of benzene rings is 2. The number of carbonyl (C=O) groups excluding carboxylic acids is 2. The molecule has 0 aliphatic carbocycles. The van der Waals surface area contributed by atoms with Gasteiger partial charge in [-0.05, 0) is 43.3 Å². The van der Waals surface area contributed by atoms with Crippen LogP contribution in [0, 0.1) is 0 Å². The predicted molar refractivity (Wildman–Crippen MR) is 91.4 cm³/mol. The molecule has 0 aromatic heterocycles. The van der Waals surface area contributed by atoms with Crippen molar-refractivity contribution in [1.82, 2.24) is 0 Å². The molecule has 0 aliphatic rings. The zero-order valence-corrected chi connectivity index (χ0v) is 14.4. The minimum absolute atomic E-state index is 0.298. The molecule has 2 aromatic carbocycles. The molecule has 0 bridgehead atoms. The number of para-hydroxylation sites is 2. The lowest BCUT2D eigenvalue weighted by molar-refractivity contribution is -0.148. The summed E-state index contributed by atoms with van der Waals surface area (Å²) < 4.78 is 20.7. The Hall–Kier alpha value is -3.02. The molecule has 0 N–H and O–H groups in total. The number of carbonyl (C=O) groups is 2. The standard InChI is InChI=1S/C19H20O6/c1-13(19(21)14-8-10-15(22-2)11-9-14)25-18(20)12-24-17-7-5-4-6-16(17)23-3/h4-11,13H,12H2,1-3H3/t13-/m0/s1. The molecule has 6 nitrogen and oxygen atoms in total. The second-order valence-electron chi connectivity index (χ2n) is 5.16. The average Bonchev–Trinajstić information content (AvgIpc) is 2.66. The van der Waals surface area contributed by atoms with Crippen LogP contribution in [0.2, 0.25) is 0 Å². The highest BCUT2D eigenvalue weighted by atomic mass is 16.6. The topological polar surface area (TPSA) is 71.1 Å². The SMILES string of the molecule is COc1ccc(C(=O)[C@H](C)OC(=O)COc2ccccc2OC)cc1. The second kappa shape index (κ2) is 8.73. The van der Waals surface area contributed by atoms with E-state index in [0.717, 1.165) is 0 Å². The van der Waals surface area contributed by atoms with Gasteiger partial charge in [-0.1, -0.05) is 12.1 Å². The molecule has 0 fully saturated rings. The molecule has 6 heteroatoms. The molecule has 0 saturated carbocycles. The first-order valence-electron chi connectivity index (χ1n) is 7.68. The first-order chi connectivity index (χ1) is 12.0. The summed E-state index contributed by atoms with van der Waals surface area (Å²) in [6.07, 6.45) is -0.915. The van der Waals surface area contributed by atoms with E-state index in [-0.39, 0.29) is 12.4 Å². The van der Waals surface area contributed by atoms with Gasteiger partial charge < -0.3 is 18.9 Å². The number of ketones is 1. The smallest absolute Gasteiger partial charge is 0.344 e. The van der Waals surface area contributed by atoms with Crippen molar-refractivity contribution in [3.63, 3.8) is 0 Å². The van der Waals surface area contributed by atoms with Crippen LogP contribution in [0.3, 0.4) is 0 Å². The lowest BCUT2D eigenvalue weighted by Crippen LogP contribution is -2.27. The Morgan fingerprint density at radius 3 is 2.16 bits per heavy atom. The third kappa shape index (κ3) is 4.97. The number of rotatable bonds is 8. The van der Waals surface area contributed by atoms with E-state index in [4.69, 9.17) is 18.9 Å². The lowest BCUT2D eigenvalue weighted by atomic mass is 10.1. The fourth-order valence-electron chi connectivity index (χ4n) is 2.15. The number of hydrogen-bond acceptors (Lipinski definition) is 6. The van der Waals surface area contributed by atoms with E-state index in [0.29, 0.717) is 22.8 Å². The summed E-state index contributed by atoms with van der Waals surface area (Å²) in [5.41, 5.74) is 0.437. The van der Waals surface area contributed by atoms with Crippen LogP contribution in [-0.2, 0) is 9.53 Å². The Morgan fingerprint density at radius 1 is 0.920 bits per heavy atom. The maximum Gasteiger partial charge on any atom is 0.344 e. The maximum atomic E-state index is 12.3. The van der Waals surface area contributed by atoms with Gasteiger partial charge in [0.1, 0.15) is 5.75 Å². The molecule has 2 rings (SSSR count). The summed E-state index contributed by atoms with van der Waals surface area (Å²) in [6.45, 7) is 1.20. The molecule has 0 amide bonds. The van der Waals surface area contributed by atoms with Crippen LogP contribution >= 0.6 is 0 Å². The van der Waals surface area contributed by atoms with Crippen molar-refractivity contribution in [2.45, 2.75) is 13.0 Å². The minimum atomic E-state index is -0.915. The van der Waals surface area contributed by atoms with Crippen LogP contribution in [0.5, 0.6) is 17.2 Å². The van der Waals surface area contributed by atoms with Crippen LogP contribution in [0.4, 0.5) is 0 Å². The highest BCUT2D eigenvalue weighted by molar-refractivity contribution is 6.00. The minimum Gasteiger partial charge on any atom is -0.497 e. The predicted octanol–water partition coefficient (Wildman–Crippen LogP) is 2.90. The maximum absolute atomic E-state index is 12.3. The van der Waals surface area contributed by atoms with Crippen molar-refractivity contribution in [2.75, 3.05) is 20.8 Å². The van der Waals surface area contributed by atoms with Crippen LogP contribution in [-0.4, -0.2) is 38.7 Å². The van der Waals surface area contributed by atoms with Gasteiger partial charge >= 0.3 is 5.97 Å². The van der Waals surface area contributed by atoms with Crippen molar-refractivity contribution < 1.29 is 28.5 Å². The Labute approximate surface area is 146 Å². The molecule has 25 heavy (non-hydrogen) atoms. The fraction of sp³-hybridized carbons (Fsp3) is 0.263. The second-order valence-corrected chi connectivity index (χ2v) is 5.16. The van der Waals surface area contributed by atoms with E-state index in [1.807, 2.05) is 0 Å². The van der Waals surface area contributed by atoms with Crippen LogP contribution in [0.15, 0.2) is 48.5 Å². The number of ether oxygens (including phenoxy) is 4. The number of esters is 1. The summed E-state index contributed by atoms with van der Waals surface area (Å²) in [4.78, 5) is 24.2. The molecular weight excluding hydrogens is 324 g/mol. The number of Topliss-reactive ketones (excluding diaryl/α,β-unsaturated/α-hetero) is 1. The van der Waals surface area contributed by atoms with Gasteiger partial charge in [0, 0.05) is 5.56 Å². The highest BCUT2D eigenvalue weighted by Crippen LogP contribution is 2.25. The van der Waals surface area contributed by atoms with Gasteiger partial charge in [-0.15, -0.1) is 0 Å². The van der Waals surface area contributed by atoms with E-state index >= 15 is 0 Å². The van der Waals surface area contributed by atoms with E-state index in [1.54, 1.807) is 55.6 Å². The van der Waals surface area contributed by atoms with E-state index < -0.39 is 12.1 Å². The Bertz CT molecular complexity index is 723. The number of methoxy groups -OCH3 is 2. The molecular formula is C19H20O6. The third-order valence-electron chi connectivity index (χ3n) is 3.47. The zero-order chi connectivity index (χ0) is 18.2. The molecule has 0 radical (unpaired) electrons. The van der Waals surface area contributed by atoms with Gasteiger partial charge in [0.25, 0.3) is 0 Å². The molecule has 2 aromatic rings. The van der Waals surface area contributed by atoms with Crippen LogP contribution in [0.25, 0.3) is 0 Å². The molecule has 132 valence electrons. The fourth-order valence-corrected chi connectivity index (χ4v) is 2.15. The van der Waals surface area contributed by atoms with Gasteiger partial charge in [0.2, 0.25) is 5.78 Å². The molecule has 0 spiro atoms.